The first-order chi connectivity index (χ1) is 15.9. The number of nitrogens with zero attached hydrogens (tertiary/aromatic N) is 1. The fraction of sp³-hybridized carbons (Fsp3) is 0.360. The number of esters is 1. The van der Waals surface area contributed by atoms with Gasteiger partial charge in [-0.2, -0.15) is 0 Å². The molecule has 182 valence electrons. The molecule has 0 amide bonds. The van der Waals surface area contributed by atoms with Crippen LogP contribution in [0.1, 0.15) is 50.7 Å². The number of nitrogens with one attached hydrogen (secondary N) is 1. The van der Waals surface area contributed by atoms with E-state index in [-0.39, 0.29) is 12.4 Å². The van der Waals surface area contributed by atoms with Gasteiger partial charge in [0.15, 0.2) is 0 Å². The van der Waals surface area contributed by atoms with Crippen LogP contribution in [-0.2, 0) is 19.5 Å². The van der Waals surface area contributed by atoms with Crippen molar-refractivity contribution in [3.8, 4) is 11.1 Å². The van der Waals surface area contributed by atoms with Crippen LogP contribution >= 0.6 is 0 Å². The third kappa shape index (κ3) is 5.41. The van der Waals surface area contributed by atoms with Gasteiger partial charge in [0.25, 0.3) is 0 Å². The second-order valence-electron chi connectivity index (χ2n) is 8.81. The summed E-state index contributed by atoms with van der Waals surface area (Å²) in [6.45, 7) is 10.7. The van der Waals surface area contributed by atoms with Crippen molar-refractivity contribution in [2.75, 3.05) is 17.1 Å². The number of sulfonamides is 1. The Hall–Kier alpha value is -3.33. The van der Waals surface area contributed by atoms with Crippen LogP contribution in [0.15, 0.2) is 42.5 Å². The van der Waals surface area contributed by atoms with Crippen LogP contribution in [0.3, 0.4) is 0 Å². The minimum Gasteiger partial charge on any atom is -0.462 e. The average Bonchev–Trinajstić information content (AvgIpc) is 3.03. The van der Waals surface area contributed by atoms with Gasteiger partial charge in [0.2, 0.25) is 10.0 Å². The third-order valence-corrected chi connectivity index (χ3v) is 6.40. The van der Waals surface area contributed by atoms with E-state index in [1.165, 1.54) is 4.57 Å². The Morgan fingerprint density at radius 2 is 1.76 bits per heavy atom. The summed E-state index contributed by atoms with van der Waals surface area (Å²) in [6.07, 6.45) is -0.548. The minimum atomic E-state index is -3.47. The van der Waals surface area contributed by atoms with Crippen molar-refractivity contribution < 1.29 is 27.5 Å². The van der Waals surface area contributed by atoms with Gasteiger partial charge in [-0.05, 0) is 77.4 Å². The largest absolute Gasteiger partial charge is 0.462 e. The van der Waals surface area contributed by atoms with E-state index < -0.39 is 27.7 Å². The summed E-state index contributed by atoms with van der Waals surface area (Å²) in [4.78, 5) is 25.5. The zero-order chi connectivity index (χ0) is 25.3. The lowest BCUT2D eigenvalue weighted by Crippen LogP contribution is -2.27. The number of rotatable bonds is 6. The van der Waals surface area contributed by atoms with E-state index in [0.29, 0.717) is 39.0 Å². The summed E-state index contributed by atoms with van der Waals surface area (Å²) in [7, 11) is -3.47. The highest BCUT2D eigenvalue weighted by Gasteiger charge is 2.25. The van der Waals surface area contributed by atoms with Crippen molar-refractivity contribution >= 4 is 38.7 Å². The van der Waals surface area contributed by atoms with Gasteiger partial charge >= 0.3 is 12.1 Å². The molecule has 0 saturated carbocycles. The van der Waals surface area contributed by atoms with E-state index in [0.717, 1.165) is 0 Å². The van der Waals surface area contributed by atoms with Crippen LogP contribution < -0.4 is 4.72 Å². The Balaban J connectivity index is 2.26. The van der Waals surface area contributed by atoms with Crippen LogP contribution in [-0.4, -0.2) is 43.0 Å². The van der Waals surface area contributed by atoms with E-state index in [1.54, 1.807) is 77.9 Å². The molecule has 0 aliphatic rings. The molecule has 34 heavy (non-hydrogen) atoms. The van der Waals surface area contributed by atoms with Crippen LogP contribution in [0.4, 0.5) is 10.5 Å². The maximum atomic E-state index is 13.1. The Kier molecular flexibility index (Phi) is 7.07. The summed E-state index contributed by atoms with van der Waals surface area (Å²) in [5.41, 5.74) is 2.57. The van der Waals surface area contributed by atoms with Gasteiger partial charge in [0, 0.05) is 22.3 Å². The molecule has 1 N–H and O–H groups in total. The van der Waals surface area contributed by atoms with E-state index in [2.05, 4.69) is 4.72 Å². The number of ether oxygens (including phenoxy) is 2. The van der Waals surface area contributed by atoms with Crippen molar-refractivity contribution in [1.29, 1.82) is 0 Å². The maximum absolute atomic E-state index is 13.1. The summed E-state index contributed by atoms with van der Waals surface area (Å²) in [6, 6.07) is 11.9. The number of carbonyl (C=O) groups is 2. The molecule has 0 unspecified atom stereocenters. The summed E-state index contributed by atoms with van der Waals surface area (Å²) < 4.78 is 38.9. The Labute approximate surface area is 199 Å². The molecule has 0 fully saturated rings. The van der Waals surface area contributed by atoms with Gasteiger partial charge in [0.1, 0.15) is 5.60 Å². The Bertz CT molecular complexity index is 1350. The molecule has 1 heterocycles. The average molecular weight is 487 g/mol. The van der Waals surface area contributed by atoms with Crippen molar-refractivity contribution in [3.63, 3.8) is 0 Å². The van der Waals surface area contributed by atoms with Crippen molar-refractivity contribution in [3.05, 3.63) is 53.7 Å². The van der Waals surface area contributed by atoms with Gasteiger partial charge in [-0.1, -0.05) is 12.1 Å². The number of carbonyl (C=O) groups excluding carboxylic acids is 2. The van der Waals surface area contributed by atoms with Crippen LogP contribution in [0.5, 0.6) is 0 Å². The molecular weight excluding hydrogens is 456 g/mol. The highest BCUT2D eigenvalue weighted by Crippen LogP contribution is 2.37. The maximum Gasteiger partial charge on any atom is 0.419 e. The molecule has 0 spiro atoms. The summed E-state index contributed by atoms with van der Waals surface area (Å²) in [5, 5.41) is 0.643. The molecule has 1 aromatic heterocycles. The third-order valence-electron chi connectivity index (χ3n) is 5.10. The van der Waals surface area contributed by atoms with E-state index in [4.69, 9.17) is 9.47 Å². The lowest BCUT2D eigenvalue weighted by atomic mass is 10.0. The Morgan fingerprint density at radius 1 is 1.06 bits per heavy atom. The predicted molar refractivity (Wildman–Crippen MR) is 133 cm³/mol. The second-order valence-corrected chi connectivity index (χ2v) is 10.8. The number of hydrogen-bond donors (Lipinski definition) is 1. The first-order valence-corrected chi connectivity index (χ1v) is 12.7. The van der Waals surface area contributed by atoms with Gasteiger partial charge in [-0.25, -0.2) is 22.6 Å². The van der Waals surface area contributed by atoms with Gasteiger partial charge in [-0.15, -0.1) is 0 Å². The van der Waals surface area contributed by atoms with Crippen molar-refractivity contribution in [2.45, 2.75) is 47.1 Å². The highest BCUT2D eigenvalue weighted by molar-refractivity contribution is 7.92. The lowest BCUT2D eigenvalue weighted by molar-refractivity contribution is 0.0522. The monoisotopic (exact) mass is 486 g/mol. The molecule has 0 saturated heterocycles. The van der Waals surface area contributed by atoms with Crippen LogP contribution in [0, 0.1) is 6.92 Å². The van der Waals surface area contributed by atoms with Gasteiger partial charge in [-0.3, -0.25) is 4.72 Å². The number of hydrogen-bond acceptors (Lipinski definition) is 6. The fourth-order valence-electron chi connectivity index (χ4n) is 3.66. The van der Waals surface area contributed by atoms with Crippen LogP contribution in [0.2, 0.25) is 0 Å². The molecule has 0 atom stereocenters. The van der Waals surface area contributed by atoms with Crippen LogP contribution in [0.25, 0.3) is 22.0 Å². The summed E-state index contributed by atoms with van der Waals surface area (Å²) >= 11 is 0. The summed E-state index contributed by atoms with van der Waals surface area (Å²) in [5.74, 6) is -0.528. The molecule has 3 aromatic rings. The first kappa shape index (κ1) is 25.3. The zero-order valence-corrected chi connectivity index (χ0v) is 21.1. The molecule has 8 nitrogen and oxygen atoms in total. The molecule has 0 bridgehead atoms. The molecule has 0 radical (unpaired) electrons. The number of aromatic nitrogens is 1. The molecule has 2 aromatic carbocycles. The van der Waals surface area contributed by atoms with E-state index in [1.807, 2.05) is 6.07 Å². The minimum absolute atomic E-state index is 0.0584. The lowest BCUT2D eigenvalue weighted by Gasteiger charge is -2.20. The van der Waals surface area contributed by atoms with Crippen molar-refractivity contribution in [1.82, 2.24) is 4.57 Å². The predicted octanol–water partition coefficient (Wildman–Crippen LogP) is 5.34. The zero-order valence-electron chi connectivity index (χ0n) is 20.3. The fourth-order valence-corrected chi connectivity index (χ4v) is 4.29. The number of benzene rings is 2. The quantitative estimate of drug-likeness (QED) is 0.472. The van der Waals surface area contributed by atoms with Crippen molar-refractivity contribution in [2.24, 2.45) is 0 Å². The number of anilines is 1. The van der Waals surface area contributed by atoms with Gasteiger partial charge in [0.05, 0.1) is 23.4 Å². The van der Waals surface area contributed by atoms with Gasteiger partial charge < -0.3 is 9.47 Å². The molecular formula is C25H30N2O6S. The first-order valence-electron chi connectivity index (χ1n) is 11.0. The standard InChI is InChI=1S/C25H30N2O6S/c1-7-32-23(28)18-12-13-21-20(15-18)22(16(3)27(21)24(29)33-25(4,5)6)17-10-9-11-19(14-17)26-34(30,31)8-2/h9-15,26H,7-8H2,1-6H3. The number of fused-ring (bicyclic) bond motifs is 1. The normalized spacial score (nSPS) is 11.9. The SMILES string of the molecule is CCOC(=O)c1ccc2c(c1)c(-c1cccc(NS(=O)(=O)CC)c1)c(C)n2C(=O)OC(C)(C)C. The molecule has 0 aliphatic heterocycles. The topological polar surface area (TPSA) is 104 Å². The smallest absolute Gasteiger partial charge is 0.419 e. The highest BCUT2D eigenvalue weighted by atomic mass is 32.2. The molecule has 3 rings (SSSR count). The Morgan fingerprint density at radius 3 is 2.38 bits per heavy atom. The second kappa shape index (κ2) is 9.50. The molecule has 0 aliphatic carbocycles. The van der Waals surface area contributed by atoms with E-state index in [9.17, 15) is 18.0 Å². The van der Waals surface area contributed by atoms with E-state index >= 15 is 0 Å². The molecule has 9 heteroatoms.